The molecule has 176 valence electrons. The highest BCUT2D eigenvalue weighted by atomic mass is 16.5. The van der Waals surface area contributed by atoms with Gasteiger partial charge in [-0.15, -0.1) is 0 Å². The summed E-state index contributed by atoms with van der Waals surface area (Å²) in [6, 6.07) is 0. The summed E-state index contributed by atoms with van der Waals surface area (Å²) in [4.78, 5) is 11.7. The van der Waals surface area contributed by atoms with Crippen molar-refractivity contribution in [3.63, 3.8) is 0 Å². The van der Waals surface area contributed by atoms with Gasteiger partial charge in [-0.05, 0) is 98.2 Å². The molecule has 0 aromatic rings. The van der Waals surface area contributed by atoms with E-state index in [-0.39, 0.29) is 18.0 Å². The molecule has 3 heteroatoms. The maximum atomic E-state index is 11.7. The maximum absolute atomic E-state index is 11.7. The molecule has 0 radical (unpaired) electrons. The van der Waals surface area contributed by atoms with Crippen molar-refractivity contribution in [3.05, 3.63) is 11.6 Å². The second-order valence-electron chi connectivity index (χ2n) is 12.2. The van der Waals surface area contributed by atoms with Crippen LogP contribution in [0.2, 0.25) is 0 Å². The van der Waals surface area contributed by atoms with E-state index in [2.05, 4.69) is 26.8 Å². The number of aliphatic hydroxyl groups excluding tert-OH is 1. The van der Waals surface area contributed by atoms with E-state index in [1.54, 1.807) is 5.57 Å². The Hall–Kier alpha value is -0.830. The van der Waals surface area contributed by atoms with Crippen molar-refractivity contribution in [2.45, 2.75) is 104 Å². The Morgan fingerprint density at radius 1 is 1.13 bits per heavy atom. The highest BCUT2D eigenvalue weighted by molar-refractivity contribution is 5.71. The number of methoxy groups -OCH3 is 1. The van der Waals surface area contributed by atoms with Gasteiger partial charge in [0.1, 0.15) is 0 Å². The molecular formula is C28H46O3. The summed E-state index contributed by atoms with van der Waals surface area (Å²) >= 11 is 0. The summed E-state index contributed by atoms with van der Waals surface area (Å²) in [6.07, 6.45) is 15.7. The van der Waals surface area contributed by atoms with Crippen molar-refractivity contribution in [2.75, 3.05) is 7.11 Å². The lowest BCUT2D eigenvalue weighted by Gasteiger charge is -2.58. The first-order valence-corrected chi connectivity index (χ1v) is 13.2. The van der Waals surface area contributed by atoms with Gasteiger partial charge in [0, 0.05) is 0 Å². The molecule has 0 saturated heterocycles. The van der Waals surface area contributed by atoms with E-state index in [4.69, 9.17) is 4.74 Å². The fourth-order valence-corrected chi connectivity index (χ4v) is 8.88. The minimum absolute atomic E-state index is 0.0255. The fourth-order valence-electron chi connectivity index (χ4n) is 8.88. The lowest BCUT2D eigenvalue weighted by atomic mass is 9.47. The zero-order valence-corrected chi connectivity index (χ0v) is 20.7. The zero-order valence-electron chi connectivity index (χ0n) is 20.7. The standard InChI is InChI=1S/C28H46O3/c1-18(7-6-8-19(2)26(30)31-5)23-11-12-24-22-10-9-20-17-21(29)13-15-27(20,3)25(22)14-16-28(23,24)4/h9,18-19,21-25,29H,6-8,10-17H2,1-5H3/t18-,19?,21+,22+,23-,24+,25+,27+,28-/m1/s1. The fraction of sp³-hybridized carbons (Fsp3) is 0.893. The number of carbonyl (C=O) groups excluding carboxylic acids is 1. The number of hydrogen-bond donors (Lipinski definition) is 1. The molecule has 0 spiro atoms. The predicted octanol–water partition coefficient (Wildman–Crippen LogP) is 6.54. The smallest absolute Gasteiger partial charge is 0.308 e. The Morgan fingerprint density at radius 2 is 1.90 bits per heavy atom. The predicted molar refractivity (Wildman–Crippen MR) is 125 cm³/mol. The van der Waals surface area contributed by atoms with Gasteiger partial charge in [-0.25, -0.2) is 0 Å². The number of carbonyl (C=O) groups is 1. The average Bonchev–Trinajstić information content (AvgIpc) is 3.10. The van der Waals surface area contributed by atoms with Crippen LogP contribution in [0, 0.1) is 46.3 Å². The van der Waals surface area contributed by atoms with Gasteiger partial charge in [0.05, 0.1) is 19.1 Å². The van der Waals surface area contributed by atoms with Crippen LogP contribution in [0.5, 0.6) is 0 Å². The Bertz CT molecular complexity index is 698. The molecule has 3 saturated carbocycles. The highest BCUT2D eigenvalue weighted by Crippen LogP contribution is 2.67. The van der Waals surface area contributed by atoms with Crippen molar-refractivity contribution in [1.82, 2.24) is 0 Å². The first-order chi connectivity index (χ1) is 14.7. The number of rotatable bonds is 6. The van der Waals surface area contributed by atoms with Crippen molar-refractivity contribution in [1.29, 1.82) is 0 Å². The Labute approximate surface area is 190 Å². The summed E-state index contributed by atoms with van der Waals surface area (Å²) in [6.45, 7) is 9.64. The van der Waals surface area contributed by atoms with E-state index < -0.39 is 0 Å². The van der Waals surface area contributed by atoms with Crippen LogP contribution in [0.4, 0.5) is 0 Å². The molecule has 3 fully saturated rings. The molecule has 0 amide bonds. The van der Waals surface area contributed by atoms with E-state index >= 15 is 0 Å². The number of aliphatic hydroxyl groups is 1. The van der Waals surface area contributed by atoms with E-state index in [9.17, 15) is 9.90 Å². The number of hydrogen-bond acceptors (Lipinski definition) is 3. The molecule has 3 nitrogen and oxygen atoms in total. The number of fused-ring (bicyclic) bond motifs is 5. The number of allylic oxidation sites excluding steroid dienone is 1. The molecule has 4 aliphatic rings. The summed E-state index contributed by atoms with van der Waals surface area (Å²) < 4.78 is 4.90. The molecule has 0 aliphatic heterocycles. The van der Waals surface area contributed by atoms with Crippen LogP contribution < -0.4 is 0 Å². The van der Waals surface area contributed by atoms with Crippen LogP contribution in [-0.4, -0.2) is 24.3 Å². The molecular weight excluding hydrogens is 384 g/mol. The number of esters is 1. The van der Waals surface area contributed by atoms with Gasteiger partial charge in [0.25, 0.3) is 0 Å². The largest absolute Gasteiger partial charge is 0.469 e. The van der Waals surface area contributed by atoms with Gasteiger partial charge in [0.2, 0.25) is 0 Å². The van der Waals surface area contributed by atoms with E-state index in [0.29, 0.717) is 10.8 Å². The highest BCUT2D eigenvalue weighted by Gasteiger charge is 2.59. The molecule has 31 heavy (non-hydrogen) atoms. The molecule has 0 heterocycles. The van der Waals surface area contributed by atoms with E-state index in [0.717, 1.165) is 55.3 Å². The van der Waals surface area contributed by atoms with Gasteiger partial charge < -0.3 is 9.84 Å². The first-order valence-electron chi connectivity index (χ1n) is 13.2. The molecule has 0 bridgehead atoms. The molecule has 9 atom stereocenters. The summed E-state index contributed by atoms with van der Waals surface area (Å²) in [5.74, 6) is 4.08. The van der Waals surface area contributed by atoms with Crippen LogP contribution in [0.15, 0.2) is 11.6 Å². The second-order valence-corrected chi connectivity index (χ2v) is 12.2. The first kappa shape index (κ1) is 23.3. The molecule has 4 aliphatic carbocycles. The quantitative estimate of drug-likeness (QED) is 0.384. The molecule has 1 N–H and O–H groups in total. The summed E-state index contributed by atoms with van der Waals surface area (Å²) in [7, 11) is 1.50. The average molecular weight is 431 g/mol. The summed E-state index contributed by atoms with van der Waals surface area (Å²) in [5, 5.41) is 10.2. The normalized spacial score (nSPS) is 43.8. The second kappa shape index (κ2) is 8.84. The number of ether oxygens (including phenoxy) is 1. The SMILES string of the molecule is COC(=O)C(C)CCC[C@@H](C)[C@H]1CC[C@H]2[C@@H]3CC=C4C[C@@H](O)CC[C@]4(C)[C@H]3CC[C@]12C. The van der Waals surface area contributed by atoms with E-state index in [1.165, 1.54) is 52.1 Å². The third-order valence-electron chi connectivity index (χ3n) is 10.7. The lowest BCUT2D eigenvalue weighted by molar-refractivity contribution is -0.145. The molecule has 4 rings (SSSR count). The van der Waals surface area contributed by atoms with Gasteiger partial charge >= 0.3 is 5.97 Å². The van der Waals surface area contributed by atoms with Crippen molar-refractivity contribution >= 4 is 5.97 Å². The van der Waals surface area contributed by atoms with Crippen LogP contribution in [0.3, 0.4) is 0 Å². The van der Waals surface area contributed by atoms with Gasteiger partial charge in [-0.2, -0.15) is 0 Å². The molecule has 0 aromatic heterocycles. The lowest BCUT2D eigenvalue weighted by Crippen LogP contribution is -2.50. The van der Waals surface area contributed by atoms with Crippen LogP contribution >= 0.6 is 0 Å². The van der Waals surface area contributed by atoms with Crippen molar-refractivity contribution in [3.8, 4) is 0 Å². The van der Waals surface area contributed by atoms with Gasteiger partial charge in [-0.3, -0.25) is 4.79 Å². The molecule has 1 unspecified atom stereocenters. The molecule has 0 aromatic carbocycles. The van der Waals surface area contributed by atoms with Gasteiger partial charge in [-0.1, -0.05) is 52.2 Å². The Balaban J connectivity index is 1.42. The minimum Gasteiger partial charge on any atom is -0.469 e. The summed E-state index contributed by atoms with van der Waals surface area (Å²) in [5.41, 5.74) is 2.42. The Morgan fingerprint density at radius 3 is 2.65 bits per heavy atom. The van der Waals surface area contributed by atoms with Crippen molar-refractivity contribution < 1.29 is 14.6 Å². The third kappa shape index (κ3) is 4.02. The third-order valence-corrected chi connectivity index (χ3v) is 10.7. The van der Waals surface area contributed by atoms with Crippen LogP contribution in [-0.2, 0) is 9.53 Å². The Kier molecular flexibility index (Phi) is 6.65. The van der Waals surface area contributed by atoms with E-state index in [1.807, 2.05) is 6.92 Å². The maximum Gasteiger partial charge on any atom is 0.308 e. The van der Waals surface area contributed by atoms with Gasteiger partial charge in [0.15, 0.2) is 0 Å². The topological polar surface area (TPSA) is 46.5 Å². The zero-order chi connectivity index (χ0) is 22.4. The minimum atomic E-state index is -0.108. The van der Waals surface area contributed by atoms with Crippen LogP contribution in [0.25, 0.3) is 0 Å². The van der Waals surface area contributed by atoms with Crippen molar-refractivity contribution in [2.24, 2.45) is 46.3 Å². The monoisotopic (exact) mass is 430 g/mol. The van der Waals surface area contributed by atoms with Crippen LogP contribution in [0.1, 0.15) is 98.3 Å².